The molecule has 14 heteroatoms. The summed E-state index contributed by atoms with van der Waals surface area (Å²) >= 11 is 0. The Kier molecular flexibility index (Phi) is 16.2. The van der Waals surface area contributed by atoms with E-state index in [-0.39, 0.29) is 5.95 Å². The van der Waals surface area contributed by atoms with Gasteiger partial charge in [-0.05, 0) is 54.4 Å². The number of hydrogen-bond donors (Lipinski definition) is 3. The summed E-state index contributed by atoms with van der Waals surface area (Å²) in [5.74, 6) is 0.977. The maximum atomic E-state index is 5.90. The molecule has 0 unspecified atom stereocenters. The number of nitrogens with zero attached hydrogens (tertiary/aromatic N) is 3. The number of anilines is 3. The molecule has 1 rings (SSSR count). The molecule has 12 nitrogen and oxygen atoms in total. The fourth-order valence-corrected chi connectivity index (χ4v) is 8.79. The third kappa shape index (κ3) is 11.9. The van der Waals surface area contributed by atoms with Crippen LogP contribution in [0.25, 0.3) is 0 Å². The van der Waals surface area contributed by atoms with Gasteiger partial charge in [0.05, 0.1) is 0 Å². The quantitative estimate of drug-likeness (QED) is 0.148. The maximum Gasteiger partial charge on any atom is 0.500 e. The summed E-state index contributed by atoms with van der Waals surface area (Å²) in [6.07, 6.45) is 1.55. The van der Waals surface area contributed by atoms with Gasteiger partial charge in [0.1, 0.15) is 0 Å². The Morgan fingerprint density at radius 1 is 0.571 bits per heavy atom. The van der Waals surface area contributed by atoms with Gasteiger partial charge in [-0.2, -0.15) is 15.0 Å². The normalized spacial score (nSPS) is 12.2. The second-order valence-corrected chi connectivity index (χ2v) is 12.8. The molecule has 204 valence electrons. The zero-order chi connectivity index (χ0) is 26.0. The lowest BCUT2D eigenvalue weighted by molar-refractivity contribution is 0.0702. The zero-order valence-electron chi connectivity index (χ0n) is 22.4. The molecule has 35 heavy (non-hydrogen) atoms. The van der Waals surface area contributed by atoms with Crippen LogP contribution in [0, 0.1) is 0 Å². The number of hydrogen-bond acceptors (Lipinski definition) is 12. The summed E-state index contributed by atoms with van der Waals surface area (Å²) in [5.41, 5.74) is 5.90. The highest BCUT2D eigenvalue weighted by atomic mass is 28.4. The summed E-state index contributed by atoms with van der Waals surface area (Å²) in [4.78, 5) is 12.8. The van der Waals surface area contributed by atoms with E-state index in [1.54, 1.807) is 0 Å². The molecule has 0 bridgehead atoms. The fourth-order valence-electron chi connectivity index (χ4n) is 3.56. The highest BCUT2D eigenvalue weighted by Gasteiger charge is 2.40. The summed E-state index contributed by atoms with van der Waals surface area (Å²) < 4.78 is 35.4. The van der Waals surface area contributed by atoms with Crippen LogP contribution in [0.5, 0.6) is 0 Å². The minimum Gasteiger partial charge on any atom is -0.374 e. The first-order valence-corrected chi connectivity index (χ1v) is 16.6. The Morgan fingerprint density at radius 3 is 1.17 bits per heavy atom. The summed E-state index contributed by atoms with van der Waals surface area (Å²) in [6, 6.07) is 1.40. The lowest BCUT2D eigenvalue weighted by Gasteiger charge is -2.28. The van der Waals surface area contributed by atoms with Crippen molar-refractivity contribution in [2.45, 2.75) is 66.5 Å². The Labute approximate surface area is 212 Å². The van der Waals surface area contributed by atoms with Crippen molar-refractivity contribution in [2.24, 2.45) is 0 Å². The van der Waals surface area contributed by atoms with E-state index in [1.165, 1.54) is 0 Å². The van der Waals surface area contributed by atoms with Crippen LogP contribution in [0.4, 0.5) is 17.8 Å². The highest BCUT2D eigenvalue weighted by molar-refractivity contribution is 6.61. The SMILES string of the molecule is CCO[Si](CCCNc1nc(N)nc(NCCC[Si](OCC)(OCC)OCC)n1)(OCC)OCC. The first-order chi connectivity index (χ1) is 16.9. The van der Waals surface area contributed by atoms with Gasteiger partial charge in [-0.1, -0.05) is 0 Å². The molecule has 0 aliphatic rings. The lowest BCUT2D eigenvalue weighted by atomic mass is 10.5. The second kappa shape index (κ2) is 17.9. The van der Waals surface area contributed by atoms with E-state index in [1.807, 2.05) is 41.5 Å². The molecule has 4 N–H and O–H groups in total. The van der Waals surface area contributed by atoms with Crippen molar-refractivity contribution < 1.29 is 26.6 Å². The van der Waals surface area contributed by atoms with Crippen LogP contribution in [0.2, 0.25) is 12.1 Å². The molecule has 0 saturated heterocycles. The Balaban J connectivity index is 2.60. The molecule has 0 aliphatic carbocycles. The molecule has 0 aliphatic heterocycles. The van der Waals surface area contributed by atoms with Crippen LogP contribution in [0.3, 0.4) is 0 Å². The molecule has 0 amide bonds. The Bertz CT molecular complexity index is 607. The molecule has 0 aromatic carbocycles. The third-order valence-corrected chi connectivity index (χ3v) is 11.0. The molecule has 0 fully saturated rings. The molecule has 1 heterocycles. The van der Waals surface area contributed by atoms with Crippen molar-refractivity contribution in [3.05, 3.63) is 0 Å². The molecule has 0 saturated carbocycles. The lowest BCUT2D eigenvalue weighted by Crippen LogP contribution is -2.46. The van der Waals surface area contributed by atoms with Gasteiger partial charge in [0.15, 0.2) is 0 Å². The number of nitrogen functional groups attached to an aromatic ring is 1. The van der Waals surface area contributed by atoms with Gasteiger partial charge in [-0.3, -0.25) is 0 Å². The van der Waals surface area contributed by atoms with Crippen molar-refractivity contribution >= 4 is 35.5 Å². The number of nitrogens with two attached hydrogens (primary N) is 1. The zero-order valence-corrected chi connectivity index (χ0v) is 24.4. The number of aromatic nitrogens is 3. The average Bonchev–Trinajstić information content (AvgIpc) is 2.80. The predicted molar refractivity (Wildman–Crippen MR) is 141 cm³/mol. The number of rotatable bonds is 22. The van der Waals surface area contributed by atoms with Crippen molar-refractivity contribution in [3.63, 3.8) is 0 Å². The second-order valence-electron chi connectivity index (χ2n) is 7.37. The standard InChI is InChI=1S/C21H46N6O6Si2/c1-7-28-34(29-8-2,30-9-3)17-13-15-23-20-25-19(22)26-21(27-20)24-16-14-18-35(31-10-4,32-11-5)33-12-6/h7-18H2,1-6H3,(H4,22,23,24,25,26,27). The Morgan fingerprint density at radius 2 is 0.886 bits per heavy atom. The van der Waals surface area contributed by atoms with Crippen LogP contribution < -0.4 is 16.4 Å². The fraction of sp³-hybridized carbons (Fsp3) is 0.857. The van der Waals surface area contributed by atoms with E-state index in [9.17, 15) is 0 Å². The first-order valence-electron chi connectivity index (χ1n) is 12.7. The van der Waals surface area contributed by atoms with Crippen molar-refractivity contribution in [1.29, 1.82) is 0 Å². The van der Waals surface area contributed by atoms with Crippen LogP contribution in [0.1, 0.15) is 54.4 Å². The average molecular weight is 535 g/mol. The van der Waals surface area contributed by atoms with Crippen LogP contribution in [0.15, 0.2) is 0 Å². The van der Waals surface area contributed by atoms with Gasteiger partial charge in [0, 0.05) is 64.8 Å². The Hall–Kier alpha value is -1.40. The predicted octanol–water partition coefficient (Wildman–Crippen LogP) is 3.15. The first kappa shape index (κ1) is 31.6. The molecule has 1 aromatic heterocycles. The van der Waals surface area contributed by atoms with Gasteiger partial charge >= 0.3 is 17.6 Å². The summed E-state index contributed by atoms with van der Waals surface area (Å²) in [5, 5.41) is 6.42. The van der Waals surface area contributed by atoms with E-state index in [4.69, 9.17) is 32.3 Å². The van der Waals surface area contributed by atoms with Gasteiger partial charge in [-0.15, -0.1) is 0 Å². The van der Waals surface area contributed by atoms with E-state index >= 15 is 0 Å². The molecule has 1 aromatic rings. The molecule has 0 radical (unpaired) electrons. The van der Waals surface area contributed by atoms with Gasteiger partial charge in [0.2, 0.25) is 17.8 Å². The van der Waals surface area contributed by atoms with E-state index in [2.05, 4.69) is 25.6 Å². The third-order valence-electron chi connectivity index (χ3n) is 4.72. The molecule has 0 spiro atoms. The van der Waals surface area contributed by atoms with Crippen LogP contribution in [-0.4, -0.2) is 85.3 Å². The van der Waals surface area contributed by atoms with Crippen molar-refractivity contribution in [1.82, 2.24) is 15.0 Å². The smallest absolute Gasteiger partial charge is 0.374 e. The van der Waals surface area contributed by atoms with Gasteiger partial charge in [-0.25, -0.2) is 0 Å². The summed E-state index contributed by atoms with van der Waals surface area (Å²) in [6.45, 7) is 16.3. The highest BCUT2D eigenvalue weighted by Crippen LogP contribution is 2.20. The monoisotopic (exact) mass is 534 g/mol. The van der Waals surface area contributed by atoms with Crippen molar-refractivity contribution in [2.75, 3.05) is 69.1 Å². The van der Waals surface area contributed by atoms with Crippen molar-refractivity contribution in [3.8, 4) is 0 Å². The molecular weight excluding hydrogens is 488 g/mol. The van der Waals surface area contributed by atoms with E-state index in [0.29, 0.717) is 76.7 Å². The minimum absolute atomic E-state index is 0.147. The molecular formula is C21H46N6O6Si2. The number of nitrogens with one attached hydrogen (secondary N) is 2. The van der Waals surface area contributed by atoms with E-state index < -0.39 is 17.6 Å². The maximum absolute atomic E-state index is 5.90. The van der Waals surface area contributed by atoms with Crippen LogP contribution in [-0.2, 0) is 26.6 Å². The molecule has 0 atom stereocenters. The van der Waals surface area contributed by atoms with Gasteiger partial charge < -0.3 is 42.9 Å². The van der Waals surface area contributed by atoms with Gasteiger partial charge in [0.25, 0.3) is 0 Å². The minimum atomic E-state index is -2.67. The largest absolute Gasteiger partial charge is 0.500 e. The topological polar surface area (TPSA) is 144 Å². The van der Waals surface area contributed by atoms with Crippen LogP contribution >= 0.6 is 0 Å². The van der Waals surface area contributed by atoms with E-state index in [0.717, 1.165) is 12.8 Å². The summed E-state index contributed by atoms with van der Waals surface area (Å²) in [7, 11) is -5.34.